The van der Waals surface area contributed by atoms with Crippen LogP contribution in [0.3, 0.4) is 0 Å². The van der Waals surface area contributed by atoms with E-state index >= 15 is 0 Å². The van der Waals surface area contributed by atoms with Gasteiger partial charge in [-0.1, -0.05) is 0 Å². The van der Waals surface area contributed by atoms with Crippen molar-refractivity contribution < 1.29 is 4.79 Å². The molecule has 2 atom stereocenters. The Labute approximate surface area is 126 Å². The molecule has 6 heteroatoms. The highest BCUT2D eigenvalue weighted by atomic mass is 79.9. The van der Waals surface area contributed by atoms with E-state index in [4.69, 9.17) is 0 Å². The van der Waals surface area contributed by atoms with E-state index in [9.17, 15) is 4.79 Å². The highest BCUT2D eigenvalue weighted by Gasteiger charge is 2.22. The molecule has 0 spiro atoms. The lowest BCUT2D eigenvalue weighted by molar-refractivity contribution is 0.0926. The summed E-state index contributed by atoms with van der Waals surface area (Å²) < 4.78 is 0.995. The number of hydrogen-bond donors (Lipinski definition) is 2. The van der Waals surface area contributed by atoms with Crippen LogP contribution < -0.4 is 10.6 Å². The zero-order chi connectivity index (χ0) is 12.3. The molecule has 1 fully saturated rings. The maximum absolute atomic E-state index is 12.0. The Kier molecular flexibility index (Phi) is 6.63. The molecule has 1 aromatic rings. The molecular weight excluding hydrogens is 336 g/mol. The van der Waals surface area contributed by atoms with Crippen LogP contribution in [0.15, 0.2) is 15.9 Å². The van der Waals surface area contributed by atoms with Gasteiger partial charge in [-0.2, -0.15) is 0 Å². The van der Waals surface area contributed by atoms with E-state index in [2.05, 4.69) is 33.5 Å². The second-order valence-electron chi connectivity index (χ2n) is 4.47. The average molecular weight is 354 g/mol. The van der Waals surface area contributed by atoms with Gasteiger partial charge in [-0.15, -0.1) is 23.7 Å². The van der Waals surface area contributed by atoms with Crippen LogP contribution in [0.5, 0.6) is 0 Å². The minimum absolute atomic E-state index is 0. The lowest BCUT2D eigenvalue weighted by Crippen LogP contribution is -2.44. The Balaban J connectivity index is 0.00000162. The number of carbonyl (C=O) groups excluding carboxylic acids is 1. The molecule has 18 heavy (non-hydrogen) atoms. The normalized spacial score (nSPS) is 20.9. The van der Waals surface area contributed by atoms with Gasteiger partial charge >= 0.3 is 0 Å². The largest absolute Gasteiger partial charge is 0.349 e. The van der Waals surface area contributed by atoms with Crippen LogP contribution in [0.1, 0.15) is 29.4 Å². The molecule has 3 nitrogen and oxygen atoms in total. The molecule has 1 saturated heterocycles. The summed E-state index contributed by atoms with van der Waals surface area (Å²) in [6, 6.07) is 4.00. The summed E-state index contributed by atoms with van der Waals surface area (Å²) in [6.07, 6.45) is 2.40. The van der Waals surface area contributed by atoms with Gasteiger partial charge in [-0.25, -0.2) is 0 Å². The predicted octanol–water partition coefficient (Wildman–Crippen LogP) is 3.05. The van der Waals surface area contributed by atoms with Crippen molar-refractivity contribution in [2.75, 3.05) is 13.1 Å². The van der Waals surface area contributed by atoms with Crippen molar-refractivity contribution in [3.05, 3.63) is 20.8 Å². The summed E-state index contributed by atoms with van der Waals surface area (Å²) in [7, 11) is 0. The summed E-state index contributed by atoms with van der Waals surface area (Å²) in [4.78, 5) is 12.7. The topological polar surface area (TPSA) is 41.1 Å². The Hall–Kier alpha value is -0.100. The van der Waals surface area contributed by atoms with E-state index in [1.54, 1.807) is 0 Å². The van der Waals surface area contributed by atoms with Crippen LogP contribution >= 0.6 is 39.7 Å². The average Bonchev–Trinajstić information content (AvgIpc) is 2.77. The van der Waals surface area contributed by atoms with Crippen molar-refractivity contribution in [1.29, 1.82) is 0 Å². The minimum atomic E-state index is 0. The maximum atomic E-state index is 12.0. The third kappa shape index (κ3) is 4.23. The van der Waals surface area contributed by atoms with Gasteiger partial charge in [0, 0.05) is 6.04 Å². The zero-order valence-corrected chi connectivity index (χ0v) is 13.5. The molecule has 0 saturated carbocycles. The number of halogens is 2. The number of piperidine rings is 1. The van der Waals surface area contributed by atoms with Gasteiger partial charge in [0.15, 0.2) is 0 Å². The van der Waals surface area contributed by atoms with Gasteiger partial charge in [0.05, 0.1) is 8.66 Å². The third-order valence-electron chi connectivity index (χ3n) is 3.20. The van der Waals surface area contributed by atoms with Gasteiger partial charge in [0.25, 0.3) is 5.91 Å². The Morgan fingerprint density at radius 3 is 2.94 bits per heavy atom. The number of carbonyl (C=O) groups is 1. The van der Waals surface area contributed by atoms with Crippen LogP contribution in [0.4, 0.5) is 0 Å². The first-order valence-corrected chi connectivity index (χ1v) is 7.54. The van der Waals surface area contributed by atoms with Gasteiger partial charge in [-0.3, -0.25) is 4.79 Å². The SMILES string of the molecule is CC(NC(=O)c1ccc(Br)s1)C1CCCNC1.Cl. The Morgan fingerprint density at radius 1 is 1.61 bits per heavy atom. The number of amides is 1. The molecular formula is C12H18BrClN2OS. The van der Waals surface area contributed by atoms with Gasteiger partial charge in [0.1, 0.15) is 0 Å². The fourth-order valence-corrected chi connectivity index (χ4v) is 3.43. The van der Waals surface area contributed by atoms with Crippen molar-refractivity contribution in [3.8, 4) is 0 Å². The third-order valence-corrected chi connectivity index (χ3v) is 4.82. The first kappa shape index (κ1) is 16.0. The fraction of sp³-hybridized carbons (Fsp3) is 0.583. The quantitative estimate of drug-likeness (QED) is 0.877. The van der Waals surface area contributed by atoms with Crippen molar-refractivity contribution in [1.82, 2.24) is 10.6 Å². The molecule has 2 unspecified atom stereocenters. The molecule has 0 radical (unpaired) electrons. The standard InChI is InChI=1S/C12H17BrN2OS.ClH/c1-8(9-3-2-6-14-7-9)15-12(16)10-4-5-11(13)17-10;/h4-5,8-9,14H,2-3,6-7H2,1H3,(H,15,16);1H. The van der Waals surface area contributed by atoms with E-state index in [1.807, 2.05) is 12.1 Å². The summed E-state index contributed by atoms with van der Waals surface area (Å²) in [5.41, 5.74) is 0. The van der Waals surface area contributed by atoms with Crippen LogP contribution in [0.2, 0.25) is 0 Å². The molecule has 0 bridgehead atoms. The second-order valence-corrected chi connectivity index (χ2v) is 6.94. The minimum Gasteiger partial charge on any atom is -0.349 e. The van der Waals surface area contributed by atoms with Gasteiger partial charge < -0.3 is 10.6 Å². The molecule has 102 valence electrons. The number of hydrogen-bond acceptors (Lipinski definition) is 3. The Bertz CT molecular complexity index is 393. The smallest absolute Gasteiger partial charge is 0.261 e. The van der Waals surface area contributed by atoms with Crippen LogP contribution in [0, 0.1) is 5.92 Å². The Morgan fingerprint density at radius 2 is 2.39 bits per heavy atom. The van der Waals surface area contributed by atoms with Gasteiger partial charge in [-0.05, 0) is 66.8 Å². The second kappa shape index (κ2) is 7.48. The maximum Gasteiger partial charge on any atom is 0.261 e. The molecule has 1 amide bonds. The van der Waals surface area contributed by atoms with E-state index in [1.165, 1.54) is 24.2 Å². The van der Waals surface area contributed by atoms with Crippen LogP contribution in [-0.2, 0) is 0 Å². The molecule has 2 rings (SSSR count). The van der Waals surface area contributed by atoms with E-state index < -0.39 is 0 Å². The predicted molar refractivity (Wildman–Crippen MR) is 81.8 cm³/mol. The highest BCUT2D eigenvalue weighted by Crippen LogP contribution is 2.22. The zero-order valence-electron chi connectivity index (χ0n) is 10.2. The van der Waals surface area contributed by atoms with Crippen molar-refractivity contribution in [2.45, 2.75) is 25.8 Å². The summed E-state index contributed by atoms with van der Waals surface area (Å²) in [5.74, 6) is 0.592. The lowest BCUT2D eigenvalue weighted by Gasteiger charge is -2.28. The highest BCUT2D eigenvalue weighted by molar-refractivity contribution is 9.11. The summed E-state index contributed by atoms with van der Waals surface area (Å²) >= 11 is 4.85. The van der Waals surface area contributed by atoms with Crippen LogP contribution in [-0.4, -0.2) is 25.0 Å². The van der Waals surface area contributed by atoms with Crippen LogP contribution in [0.25, 0.3) is 0 Å². The first-order valence-electron chi connectivity index (χ1n) is 5.94. The lowest BCUT2D eigenvalue weighted by atomic mass is 9.93. The molecule has 0 aromatic carbocycles. The van der Waals surface area contributed by atoms with Crippen molar-refractivity contribution in [3.63, 3.8) is 0 Å². The van der Waals surface area contributed by atoms with E-state index in [-0.39, 0.29) is 24.4 Å². The molecule has 2 heterocycles. The number of rotatable bonds is 3. The summed E-state index contributed by atoms with van der Waals surface area (Å²) in [6.45, 7) is 4.21. The fourth-order valence-electron chi connectivity index (χ4n) is 2.14. The molecule has 1 aromatic heterocycles. The van der Waals surface area contributed by atoms with Crippen molar-refractivity contribution >= 4 is 45.6 Å². The van der Waals surface area contributed by atoms with Gasteiger partial charge in [0.2, 0.25) is 0 Å². The summed E-state index contributed by atoms with van der Waals surface area (Å²) in [5, 5.41) is 6.47. The monoisotopic (exact) mass is 352 g/mol. The van der Waals surface area contributed by atoms with Crippen molar-refractivity contribution in [2.24, 2.45) is 5.92 Å². The number of thiophene rings is 1. The number of nitrogens with one attached hydrogen (secondary N) is 2. The van der Waals surface area contributed by atoms with E-state index in [0.717, 1.165) is 21.8 Å². The molecule has 1 aliphatic rings. The molecule has 0 aliphatic carbocycles. The van der Waals surface area contributed by atoms with E-state index in [0.29, 0.717) is 5.92 Å². The molecule has 1 aliphatic heterocycles. The molecule has 2 N–H and O–H groups in total. The first-order chi connectivity index (χ1) is 8.16.